The average Bonchev–Trinajstić information content (AvgIpc) is 2.41. The molecule has 1 saturated carbocycles. The molecule has 4 heteroatoms. The third kappa shape index (κ3) is 2.57. The molecule has 1 heterocycles. The lowest BCUT2D eigenvalue weighted by atomic mass is 9.72. The van der Waals surface area contributed by atoms with Crippen molar-refractivity contribution in [3.63, 3.8) is 0 Å². The van der Waals surface area contributed by atoms with Crippen LogP contribution in [0.25, 0.3) is 0 Å². The molecule has 0 radical (unpaired) electrons. The zero-order valence-electron chi connectivity index (χ0n) is 11.3. The van der Waals surface area contributed by atoms with Gasteiger partial charge in [-0.15, -0.1) is 0 Å². The van der Waals surface area contributed by atoms with Gasteiger partial charge in [-0.25, -0.2) is 4.98 Å². The Kier molecular flexibility index (Phi) is 4.04. The Morgan fingerprint density at radius 1 is 1.50 bits per heavy atom. The van der Waals surface area contributed by atoms with Crippen LogP contribution in [0.15, 0.2) is 11.0 Å². The van der Waals surface area contributed by atoms with Gasteiger partial charge in [-0.1, -0.05) is 33.1 Å². The summed E-state index contributed by atoms with van der Waals surface area (Å²) in [5, 5.41) is 0. The zero-order chi connectivity index (χ0) is 13.1. The van der Waals surface area contributed by atoms with Gasteiger partial charge in [0.1, 0.15) is 11.5 Å². The van der Waals surface area contributed by atoms with E-state index in [0.717, 1.165) is 12.2 Å². The summed E-state index contributed by atoms with van der Waals surface area (Å²) < 4.78 is 0. The first-order chi connectivity index (χ1) is 8.63. The smallest absolute Gasteiger partial charge is 0.274 e. The van der Waals surface area contributed by atoms with Gasteiger partial charge < -0.3 is 10.7 Å². The molecule has 3 N–H and O–H groups in total. The summed E-state index contributed by atoms with van der Waals surface area (Å²) in [5.41, 5.74) is 5.54. The summed E-state index contributed by atoms with van der Waals surface area (Å²) in [6, 6.07) is 0. The van der Waals surface area contributed by atoms with E-state index >= 15 is 0 Å². The number of rotatable bonds is 3. The van der Waals surface area contributed by atoms with Crippen molar-refractivity contribution in [2.24, 2.45) is 11.8 Å². The summed E-state index contributed by atoms with van der Waals surface area (Å²) in [6.07, 6.45) is 7.57. The molecule has 0 bridgehead atoms. The number of anilines is 1. The maximum atomic E-state index is 11.6. The molecule has 100 valence electrons. The van der Waals surface area contributed by atoms with Gasteiger partial charge in [0.25, 0.3) is 5.56 Å². The maximum Gasteiger partial charge on any atom is 0.274 e. The van der Waals surface area contributed by atoms with Crippen molar-refractivity contribution in [2.45, 2.75) is 51.9 Å². The Hall–Kier alpha value is -1.32. The minimum Gasteiger partial charge on any atom is -0.393 e. The second-order valence-electron chi connectivity index (χ2n) is 5.49. The number of aromatic amines is 1. The topological polar surface area (TPSA) is 71.8 Å². The lowest BCUT2D eigenvalue weighted by molar-refractivity contribution is 0.214. The summed E-state index contributed by atoms with van der Waals surface area (Å²) in [7, 11) is 0. The number of H-pyrrole nitrogens is 1. The summed E-state index contributed by atoms with van der Waals surface area (Å²) >= 11 is 0. The number of hydrogen-bond donors (Lipinski definition) is 2. The van der Waals surface area contributed by atoms with Crippen LogP contribution in [0.5, 0.6) is 0 Å². The summed E-state index contributed by atoms with van der Waals surface area (Å²) in [6.45, 7) is 4.54. The van der Waals surface area contributed by atoms with Crippen LogP contribution >= 0.6 is 0 Å². The third-order valence-corrected chi connectivity index (χ3v) is 4.39. The molecule has 1 fully saturated rings. The highest BCUT2D eigenvalue weighted by Crippen LogP contribution is 2.41. The first-order valence-electron chi connectivity index (χ1n) is 6.98. The molecule has 1 aromatic rings. The Morgan fingerprint density at radius 2 is 2.22 bits per heavy atom. The number of hydrogen-bond acceptors (Lipinski definition) is 3. The number of aromatic nitrogens is 2. The van der Waals surface area contributed by atoms with Gasteiger partial charge in [-0.3, -0.25) is 4.79 Å². The molecular weight excluding hydrogens is 226 g/mol. The van der Waals surface area contributed by atoms with Crippen LogP contribution in [0.1, 0.15) is 57.7 Å². The van der Waals surface area contributed by atoms with E-state index < -0.39 is 0 Å². The van der Waals surface area contributed by atoms with E-state index in [1.807, 2.05) is 0 Å². The molecule has 0 spiro atoms. The molecule has 18 heavy (non-hydrogen) atoms. The van der Waals surface area contributed by atoms with Gasteiger partial charge in [-0.2, -0.15) is 0 Å². The van der Waals surface area contributed by atoms with Crippen LogP contribution in [0.3, 0.4) is 0 Å². The molecule has 2 rings (SSSR count). The van der Waals surface area contributed by atoms with E-state index in [4.69, 9.17) is 5.73 Å². The van der Waals surface area contributed by atoms with E-state index in [1.165, 1.54) is 31.9 Å². The van der Waals surface area contributed by atoms with Crippen molar-refractivity contribution in [2.75, 3.05) is 5.73 Å². The summed E-state index contributed by atoms with van der Waals surface area (Å²) in [5.74, 6) is 2.54. The van der Waals surface area contributed by atoms with Gasteiger partial charge >= 0.3 is 0 Å². The minimum atomic E-state index is -0.200. The molecule has 3 unspecified atom stereocenters. The largest absolute Gasteiger partial charge is 0.393 e. The zero-order valence-corrected chi connectivity index (χ0v) is 11.3. The molecule has 0 amide bonds. The highest BCUT2D eigenvalue weighted by Gasteiger charge is 2.31. The number of nitrogens with zero attached hydrogens (tertiary/aromatic N) is 1. The van der Waals surface area contributed by atoms with Crippen molar-refractivity contribution >= 4 is 5.69 Å². The fourth-order valence-corrected chi connectivity index (χ4v) is 3.09. The molecule has 0 aromatic carbocycles. The molecule has 0 saturated heterocycles. The maximum absolute atomic E-state index is 11.6. The highest BCUT2D eigenvalue weighted by atomic mass is 16.1. The minimum absolute atomic E-state index is 0.200. The number of nitrogen functional groups attached to an aromatic ring is 1. The van der Waals surface area contributed by atoms with Crippen molar-refractivity contribution in [1.29, 1.82) is 0 Å². The second-order valence-corrected chi connectivity index (χ2v) is 5.49. The average molecular weight is 249 g/mol. The quantitative estimate of drug-likeness (QED) is 0.865. The molecule has 1 aliphatic carbocycles. The Bertz CT molecular complexity index is 455. The fourth-order valence-electron chi connectivity index (χ4n) is 3.09. The second kappa shape index (κ2) is 5.55. The van der Waals surface area contributed by atoms with Gasteiger partial charge in [0.05, 0.1) is 6.20 Å². The van der Waals surface area contributed by atoms with E-state index in [-0.39, 0.29) is 11.2 Å². The first kappa shape index (κ1) is 13.1. The van der Waals surface area contributed by atoms with Crippen molar-refractivity contribution in [1.82, 2.24) is 9.97 Å². The van der Waals surface area contributed by atoms with E-state index in [9.17, 15) is 4.79 Å². The monoisotopic (exact) mass is 249 g/mol. The molecule has 3 atom stereocenters. The van der Waals surface area contributed by atoms with Gasteiger partial charge in [-0.05, 0) is 24.7 Å². The van der Waals surface area contributed by atoms with E-state index in [0.29, 0.717) is 17.8 Å². The molecule has 1 aliphatic rings. The number of nitrogens with one attached hydrogen (secondary N) is 1. The Balaban J connectivity index is 2.27. The lowest BCUT2D eigenvalue weighted by Crippen LogP contribution is -2.27. The molecular formula is C14H23N3O. The highest BCUT2D eigenvalue weighted by molar-refractivity contribution is 5.30. The van der Waals surface area contributed by atoms with Gasteiger partial charge in [0.2, 0.25) is 0 Å². The van der Waals surface area contributed by atoms with E-state index in [1.54, 1.807) is 0 Å². The fraction of sp³-hybridized carbons (Fsp3) is 0.714. The SMILES string of the molecule is CCC(C)C1CCCCC1c1ncc(N)c(=O)[nH]1. The molecule has 1 aromatic heterocycles. The van der Waals surface area contributed by atoms with Crippen LogP contribution in [0.2, 0.25) is 0 Å². The Labute approximate surface area is 108 Å². The van der Waals surface area contributed by atoms with Crippen molar-refractivity contribution < 1.29 is 0 Å². The van der Waals surface area contributed by atoms with Crippen LogP contribution in [-0.2, 0) is 0 Å². The van der Waals surface area contributed by atoms with Gasteiger partial charge in [0.15, 0.2) is 0 Å². The molecule has 4 nitrogen and oxygen atoms in total. The predicted octanol–water partition coefficient (Wildman–Crippen LogP) is 2.67. The standard InChI is InChI=1S/C14H23N3O/c1-3-9(2)10-6-4-5-7-11(10)13-16-8-12(15)14(18)17-13/h8-11H,3-7,15H2,1-2H3,(H,16,17,18). The van der Waals surface area contributed by atoms with Crippen molar-refractivity contribution in [3.05, 3.63) is 22.4 Å². The van der Waals surface area contributed by atoms with Crippen LogP contribution in [-0.4, -0.2) is 9.97 Å². The van der Waals surface area contributed by atoms with E-state index in [2.05, 4.69) is 23.8 Å². The van der Waals surface area contributed by atoms with Crippen LogP contribution in [0, 0.1) is 11.8 Å². The summed E-state index contributed by atoms with van der Waals surface area (Å²) in [4.78, 5) is 18.8. The number of nitrogens with two attached hydrogens (primary N) is 1. The Morgan fingerprint density at radius 3 is 2.89 bits per heavy atom. The normalized spacial score (nSPS) is 25.9. The lowest BCUT2D eigenvalue weighted by Gasteiger charge is -2.34. The molecule has 0 aliphatic heterocycles. The van der Waals surface area contributed by atoms with Crippen LogP contribution < -0.4 is 11.3 Å². The third-order valence-electron chi connectivity index (χ3n) is 4.39. The first-order valence-corrected chi connectivity index (χ1v) is 6.98. The van der Waals surface area contributed by atoms with Gasteiger partial charge in [0, 0.05) is 5.92 Å². The van der Waals surface area contributed by atoms with Crippen LogP contribution in [0.4, 0.5) is 5.69 Å². The van der Waals surface area contributed by atoms with Crippen molar-refractivity contribution in [3.8, 4) is 0 Å². The predicted molar refractivity (Wildman–Crippen MR) is 73.4 cm³/mol.